The molecule has 2 rings (SSSR count). The molecule has 0 aromatic heterocycles. The van der Waals surface area contributed by atoms with E-state index in [-0.39, 0.29) is 11.8 Å². The standard InChI is InChI=1S/C17H26N2O2/c1-4-9-21-15-6-5-14-11-19(8-7-13(14)10-15)17(20)16(18)12(2)3/h5-6,10,12,16H,4,7-9,11,18H2,1-3H3/t16-/m0/s1. The quantitative estimate of drug-likeness (QED) is 0.905. The summed E-state index contributed by atoms with van der Waals surface area (Å²) in [5.41, 5.74) is 8.46. The van der Waals surface area contributed by atoms with E-state index in [9.17, 15) is 4.79 Å². The minimum absolute atomic E-state index is 0.0574. The Labute approximate surface area is 127 Å². The molecule has 0 bridgehead atoms. The maximum atomic E-state index is 12.3. The molecule has 1 aromatic carbocycles. The Balaban J connectivity index is 2.05. The van der Waals surface area contributed by atoms with Gasteiger partial charge in [-0.1, -0.05) is 26.8 Å². The van der Waals surface area contributed by atoms with Gasteiger partial charge in [-0.3, -0.25) is 4.79 Å². The minimum Gasteiger partial charge on any atom is -0.494 e. The molecule has 1 heterocycles. The molecule has 2 N–H and O–H groups in total. The number of nitrogens with two attached hydrogens (primary N) is 1. The van der Waals surface area contributed by atoms with E-state index < -0.39 is 6.04 Å². The first-order valence-corrected chi connectivity index (χ1v) is 7.82. The second-order valence-corrected chi connectivity index (χ2v) is 6.06. The fourth-order valence-electron chi connectivity index (χ4n) is 2.52. The number of fused-ring (bicyclic) bond motifs is 1. The molecule has 4 heteroatoms. The Morgan fingerprint density at radius 1 is 1.38 bits per heavy atom. The van der Waals surface area contributed by atoms with Crippen LogP contribution in [0.3, 0.4) is 0 Å². The van der Waals surface area contributed by atoms with E-state index in [0.29, 0.717) is 6.54 Å². The molecule has 4 nitrogen and oxygen atoms in total. The Morgan fingerprint density at radius 2 is 2.14 bits per heavy atom. The minimum atomic E-state index is -0.404. The van der Waals surface area contributed by atoms with E-state index in [1.807, 2.05) is 24.8 Å². The van der Waals surface area contributed by atoms with Crippen molar-refractivity contribution in [3.05, 3.63) is 29.3 Å². The molecular weight excluding hydrogens is 264 g/mol. The Bertz CT molecular complexity index is 500. The molecule has 0 aliphatic carbocycles. The average molecular weight is 290 g/mol. The molecule has 1 aromatic rings. The number of nitrogens with zero attached hydrogens (tertiary/aromatic N) is 1. The summed E-state index contributed by atoms with van der Waals surface area (Å²) in [7, 11) is 0. The fraction of sp³-hybridized carbons (Fsp3) is 0.588. The number of ether oxygens (including phenoxy) is 1. The third kappa shape index (κ3) is 3.76. The van der Waals surface area contributed by atoms with Crippen LogP contribution in [0.5, 0.6) is 5.75 Å². The van der Waals surface area contributed by atoms with Gasteiger partial charge in [0.15, 0.2) is 0 Å². The van der Waals surface area contributed by atoms with Crippen LogP contribution in [-0.4, -0.2) is 30.0 Å². The monoisotopic (exact) mass is 290 g/mol. The van der Waals surface area contributed by atoms with Crippen LogP contribution in [0.1, 0.15) is 38.3 Å². The zero-order valence-electron chi connectivity index (χ0n) is 13.3. The number of hydrogen-bond donors (Lipinski definition) is 1. The Hall–Kier alpha value is -1.55. The number of benzene rings is 1. The first-order chi connectivity index (χ1) is 10.0. The summed E-state index contributed by atoms with van der Waals surface area (Å²) in [5, 5.41) is 0. The summed E-state index contributed by atoms with van der Waals surface area (Å²) < 4.78 is 5.66. The van der Waals surface area contributed by atoms with E-state index in [1.165, 1.54) is 11.1 Å². The highest BCUT2D eigenvalue weighted by atomic mass is 16.5. The lowest BCUT2D eigenvalue weighted by atomic mass is 9.97. The van der Waals surface area contributed by atoms with Gasteiger partial charge in [0.2, 0.25) is 5.91 Å². The third-order valence-corrected chi connectivity index (χ3v) is 3.98. The lowest BCUT2D eigenvalue weighted by Gasteiger charge is -2.32. The molecule has 1 aliphatic heterocycles. The van der Waals surface area contributed by atoms with Gasteiger partial charge in [-0.05, 0) is 42.0 Å². The van der Waals surface area contributed by atoms with Gasteiger partial charge in [0.25, 0.3) is 0 Å². The number of rotatable bonds is 5. The highest BCUT2D eigenvalue weighted by Gasteiger charge is 2.26. The highest BCUT2D eigenvalue weighted by molar-refractivity contribution is 5.82. The molecule has 116 valence electrons. The van der Waals surface area contributed by atoms with Crippen LogP contribution in [0.4, 0.5) is 0 Å². The van der Waals surface area contributed by atoms with Gasteiger partial charge in [-0.25, -0.2) is 0 Å². The molecule has 1 aliphatic rings. The molecule has 1 amide bonds. The van der Waals surface area contributed by atoms with Crippen LogP contribution < -0.4 is 10.5 Å². The Kier molecular flexibility index (Phi) is 5.23. The van der Waals surface area contributed by atoms with Gasteiger partial charge in [0.05, 0.1) is 12.6 Å². The molecular formula is C17H26N2O2. The second-order valence-electron chi connectivity index (χ2n) is 6.06. The third-order valence-electron chi connectivity index (χ3n) is 3.98. The van der Waals surface area contributed by atoms with Gasteiger partial charge in [-0.2, -0.15) is 0 Å². The molecule has 0 saturated heterocycles. The summed E-state index contributed by atoms with van der Waals surface area (Å²) in [6, 6.07) is 5.76. The van der Waals surface area contributed by atoms with Crippen LogP contribution >= 0.6 is 0 Å². The van der Waals surface area contributed by atoms with Crippen molar-refractivity contribution in [3.8, 4) is 5.75 Å². The number of amides is 1. The summed E-state index contributed by atoms with van der Waals surface area (Å²) in [4.78, 5) is 14.2. The smallest absolute Gasteiger partial charge is 0.240 e. The van der Waals surface area contributed by atoms with E-state index >= 15 is 0 Å². The van der Waals surface area contributed by atoms with Crippen molar-refractivity contribution < 1.29 is 9.53 Å². The predicted octanol–water partition coefficient (Wildman–Crippen LogP) is 2.34. The topological polar surface area (TPSA) is 55.6 Å². The van der Waals surface area contributed by atoms with Crippen molar-refractivity contribution in [1.82, 2.24) is 4.90 Å². The van der Waals surface area contributed by atoms with Crippen molar-refractivity contribution in [2.45, 2.75) is 46.2 Å². The molecule has 21 heavy (non-hydrogen) atoms. The molecule has 0 saturated carbocycles. The molecule has 0 spiro atoms. The first kappa shape index (κ1) is 15.8. The molecule has 0 fully saturated rings. The Morgan fingerprint density at radius 3 is 2.81 bits per heavy atom. The lowest BCUT2D eigenvalue weighted by molar-refractivity contribution is -0.134. The number of carbonyl (C=O) groups is 1. The first-order valence-electron chi connectivity index (χ1n) is 7.82. The lowest BCUT2D eigenvalue weighted by Crippen LogP contribution is -2.48. The fourth-order valence-corrected chi connectivity index (χ4v) is 2.52. The van der Waals surface area contributed by atoms with Crippen molar-refractivity contribution in [1.29, 1.82) is 0 Å². The number of carbonyl (C=O) groups excluding carboxylic acids is 1. The maximum Gasteiger partial charge on any atom is 0.240 e. The van der Waals surface area contributed by atoms with Gasteiger partial charge < -0.3 is 15.4 Å². The summed E-state index contributed by atoms with van der Waals surface area (Å²) in [6.07, 6.45) is 1.88. The van der Waals surface area contributed by atoms with Crippen molar-refractivity contribution in [2.75, 3.05) is 13.2 Å². The van der Waals surface area contributed by atoms with Gasteiger partial charge >= 0.3 is 0 Å². The summed E-state index contributed by atoms with van der Waals surface area (Å²) >= 11 is 0. The van der Waals surface area contributed by atoms with Crippen LogP contribution in [0, 0.1) is 5.92 Å². The molecule has 0 radical (unpaired) electrons. The molecule has 1 atom stereocenters. The van der Waals surface area contributed by atoms with Crippen LogP contribution in [0.15, 0.2) is 18.2 Å². The normalized spacial score (nSPS) is 15.8. The van der Waals surface area contributed by atoms with Crippen molar-refractivity contribution in [2.24, 2.45) is 11.7 Å². The van der Waals surface area contributed by atoms with Crippen molar-refractivity contribution in [3.63, 3.8) is 0 Å². The largest absolute Gasteiger partial charge is 0.494 e. The van der Waals surface area contributed by atoms with Gasteiger partial charge in [0, 0.05) is 13.1 Å². The van der Waals surface area contributed by atoms with Crippen molar-refractivity contribution >= 4 is 5.91 Å². The zero-order chi connectivity index (χ0) is 15.4. The van der Waals surface area contributed by atoms with E-state index in [4.69, 9.17) is 10.5 Å². The maximum absolute atomic E-state index is 12.3. The summed E-state index contributed by atoms with van der Waals surface area (Å²) in [5.74, 6) is 1.15. The van der Waals surface area contributed by atoms with E-state index in [1.54, 1.807) is 0 Å². The van der Waals surface area contributed by atoms with Crippen LogP contribution in [-0.2, 0) is 17.8 Å². The predicted molar refractivity (Wildman–Crippen MR) is 84.2 cm³/mol. The molecule has 0 unspecified atom stereocenters. The van der Waals surface area contributed by atoms with Crippen LogP contribution in [0.2, 0.25) is 0 Å². The second kappa shape index (κ2) is 6.94. The zero-order valence-corrected chi connectivity index (χ0v) is 13.3. The van der Waals surface area contributed by atoms with E-state index in [2.05, 4.69) is 19.1 Å². The van der Waals surface area contributed by atoms with E-state index in [0.717, 1.165) is 31.7 Å². The number of hydrogen-bond acceptors (Lipinski definition) is 3. The highest BCUT2D eigenvalue weighted by Crippen LogP contribution is 2.24. The SMILES string of the molecule is CCCOc1ccc2c(c1)CCN(C(=O)[C@@H](N)C(C)C)C2. The van der Waals surface area contributed by atoms with Crippen LogP contribution in [0.25, 0.3) is 0 Å². The van der Waals surface area contributed by atoms with Gasteiger partial charge in [0.1, 0.15) is 5.75 Å². The average Bonchev–Trinajstić information content (AvgIpc) is 2.50. The van der Waals surface area contributed by atoms with Gasteiger partial charge in [-0.15, -0.1) is 0 Å². The summed E-state index contributed by atoms with van der Waals surface area (Å²) in [6.45, 7) is 8.20.